The van der Waals surface area contributed by atoms with Crippen molar-refractivity contribution in [3.8, 4) is 0 Å². The molecule has 4 heteroatoms. The Balaban J connectivity index is 2.67. The molecule has 0 aromatic heterocycles. The molecule has 0 saturated carbocycles. The molecule has 1 aromatic carbocycles. The molecule has 1 atom stereocenters. The summed E-state index contributed by atoms with van der Waals surface area (Å²) >= 11 is 3.49. The zero-order valence-electron chi connectivity index (χ0n) is 9.66. The highest BCUT2D eigenvalue weighted by Crippen LogP contribution is 2.21. The molecular weight excluding hydrogens is 270 g/mol. The number of aliphatic hydroxyl groups is 1. The molecule has 0 radical (unpaired) electrons. The molecule has 0 fully saturated rings. The largest absolute Gasteiger partial charge is 0.394 e. The Kier molecular flexibility index (Phi) is 5.98. The van der Waals surface area contributed by atoms with Gasteiger partial charge in [-0.1, -0.05) is 28.1 Å². The number of hydrogen-bond donors (Lipinski definition) is 2. The van der Waals surface area contributed by atoms with Gasteiger partial charge in [0.2, 0.25) is 0 Å². The van der Waals surface area contributed by atoms with Crippen molar-refractivity contribution in [2.24, 2.45) is 0 Å². The summed E-state index contributed by atoms with van der Waals surface area (Å²) in [6.07, 6.45) is 0. The van der Waals surface area contributed by atoms with Crippen LogP contribution in [0.2, 0.25) is 0 Å². The second-order valence-electron chi connectivity index (χ2n) is 3.69. The van der Waals surface area contributed by atoms with Gasteiger partial charge in [-0.05, 0) is 24.1 Å². The molecule has 0 aliphatic heterocycles. The lowest BCUT2D eigenvalue weighted by molar-refractivity contribution is 0.184. The van der Waals surface area contributed by atoms with E-state index in [0.29, 0.717) is 6.61 Å². The Morgan fingerprint density at radius 3 is 2.81 bits per heavy atom. The predicted molar refractivity (Wildman–Crippen MR) is 68.6 cm³/mol. The van der Waals surface area contributed by atoms with E-state index in [1.807, 2.05) is 25.1 Å². The Morgan fingerprint density at radius 1 is 1.50 bits per heavy atom. The van der Waals surface area contributed by atoms with Crippen LogP contribution >= 0.6 is 15.9 Å². The Hall–Kier alpha value is -0.420. The normalized spacial score (nSPS) is 12.8. The van der Waals surface area contributed by atoms with Crippen molar-refractivity contribution in [2.75, 3.05) is 26.9 Å². The summed E-state index contributed by atoms with van der Waals surface area (Å²) in [6, 6.07) is 6.07. The van der Waals surface area contributed by atoms with Crippen molar-refractivity contribution in [3.05, 3.63) is 33.8 Å². The molecule has 0 heterocycles. The summed E-state index contributed by atoms with van der Waals surface area (Å²) < 4.78 is 6.03. The standard InChI is InChI=1S/C12H18BrNO2/c1-9-3-4-10(7-11(9)13)12(8-15)14-5-6-16-2/h3-4,7,12,14-15H,5-6,8H2,1-2H3. The number of nitrogens with one attached hydrogen (secondary N) is 1. The summed E-state index contributed by atoms with van der Waals surface area (Å²) in [7, 11) is 1.66. The lowest BCUT2D eigenvalue weighted by Gasteiger charge is -2.17. The number of hydrogen-bond acceptors (Lipinski definition) is 3. The van der Waals surface area contributed by atoms with Crippen molar-refractivity contribution < 1.29 is 9.84 Å². The minimum Gasteiger partial charge on any atom is -0.394 e. The number of ether oxygens (including phenoxy) is 1. The highest BCUT2D eigenvalue weighted by Gasteiger charge is 2.10. The lowest BCUT2D eigenvalue weighted by Crippen LogP contribution is -2.27. The van der Waals surface area contributed by atoms with Crippen molar-refractivity contribution in [2.45, 2.75) is 13.0 Å². The maximum absolute atomic E-state index is 9.32. The predicted octanol–water partition coefficient (Wildman–Crippen LogP) is 2.03. The van der Waals surface area contributed by atoms with Crippen LogP contribution in [0.25, 0.3) is 0 Å². The Labute approximate surface area is 105 Å². The topological polar surface area (TPSA) is 41.5 Å². The fraction of sp³-hybridized carbons (Fsp3) is 0.500. The molecule has 0 amide bonds. The van der Waals surface area contributed by atoms with Gasteiger partial charge in [0.25, 0.3) is 0 Å². The minimum absolute atomic E-state index is 0.0351. The zero-order chi connectivity index (χ0) is 12.0. The SMILES string of the molecule is COCCNC(CO)c1ccc(C)c(Br)c1. The molecular formula is C12H18BrNO2. The zero-order valence-corrected chi connectivity index (χ0v) is 11.3. The van der Waals surface area contributed by atoms with Gasteiger partial charge in [-0.2, -0.15) is 0 Å². The van der Waals surface area contributed by atoms with Crippen LogP contribution in [0.4, 0.5) is 0 Å². The van der Waals surface area contributed by atoms with Gasteiger partial charge in [0, 0.05) is 18.1 Å². The van der Waals surface area contributed by atoms with Crippen molar-refractivity contribution >= 4 is 15.9 Å². The van der Waals surface area contributed by atoms with Gasteiger partial charge in [-0.15, -0.1) is 0 Å². The third-order valence-corrected chi connectivity index (χ3v) is 3.33. The summed E-state index contributed by atoms with van der Waals surface area (Å²) in [5, 5.41) is 12.6. The third-order valence-electron chi connectivity index (χ3n) is 2.48. The van der Waals surface area contributed by atoms with Crippen LogP contribution in [0, 0.1) is 6.92 Å². The number of aliphatic hydroxyl groups excluding tert-OH is 1. The Morgan fingerprint density at radius 2 is 2.25 bits per heavy atom. The molecule has 3 nitrogen and oxygen atoms in total. The molecule has 90 valence electrons. The molecule has 1 rings (SSSR count). The van der Waals surface area contributed by atoms with E-state index in [1.54, 1.807) is 7.11 Å². The second kappa shape index (κ2) is 7.01. The smallest absolute Gasteiger partial charge is 0.0626 e. The Bertz CT molecular complexity index is 331. The molecule has 0 saturated heterocycles. The van der Waals surface area contributed by atoms with E-state index < -0.39 is 0 Å². The van der Waals surface area contributed by atoms with Gasteiger partial charge in [0.15, 0.2) is 0 Å². The van der Waals surface area contributed by atoms with E-state index in [9.17, 15) is 5.11 Å². The van der Waals surface area contributed by atoms with Gasteiger partial charge in [-0.25, -0.2) is 0 Å². The molecule has 0 aliphatic rings. The monoisotopic (exact) mass is 287 g/mol. The van der Waals surface area contributed by atoms with Crippen LogP contribution in [0.15, 0.2) is 22.7 Å². The quantitative estimate of drug-likeness (QED) is 0.787. The van der Waals surface area contributed by atoms with Crippen LogP contribution in [-0.4, -0.2) is 32.0 Å². The lowest BCUT2D eigenvalue weighted by atomic mass is 10.1. The van der Waals surface area contributed by atoms with Gasteiger partial charge in [0.05, 0.1) is 19.3 Å². The first kappa shape index (κ1) is 13.6. The summed E-state index contributed by atoms with van der Waals surface area (Å²) in [5.74, 6) is 0. The first-order valence-electron chi connectivity index (χ1n) is 5.28. The van der Waals surface area contributed by atoms with Crippen molar-refractivity contribution in [1.29, 1.82) is 0 Å². The van der Waals surface area contributed by atoms with Gasteiger partial charge >= 0.3 is 0 Å². The number of aryl methyl sites for hydroxylation is 1. The molecule has 0 aliphatic carbocycles. The molecule has 0 spiro atoms. The number of rotatable bonds is 6. The van der Waals surface area contributed by atoms with Gasteiger partial charge in [0.1, 0.15) is 0 Å². The molecule has 2 N–H and O–H groups in total. The van der Waals surface area contributed by atoms with E-state index >= 15 is 0 Å². The van der Waals surface area contributed by atoms with Crippen LogP contribution in [0.3, 0.4) is 0 Å². The first-order valence-corrected chi connectivity index (χ1v) is 6.07. The molecule has 1 aromatic rings. The molecule has 0 bridgehead atoms. The van der Waals surface area contributed by atoms with Crippen molar-refractivity contribution in [1.82, 2.24) is 5.32 Å². The fourth-order valence-electron chi connectivity index (χ4n) is 1.45. The van der Waals surface area contributed by atoms with Crippen LogP contribution < -0.4 is 5.32 Å². The molecule has 16 heavy (non-hydrogen) atoms. The highest BCUT2D eigenvalue weighted by molar-refractivity contribution is 9.10. The fourth-order valence-corrected chi connectivity index (χ4v) is 1.85. The average Bonchev–Trinajstić information content (AvgIpc) is 2.29. The van der Waals surface area contributed by atoms with Crippen LogP contribution in [0.1, 0.15) is 17.2 Å². The van der Waals surface area contributed by atoms with E-state index in [2.05, 4.69) is 21.2 Å². The average molecular weight is 288 g/mol. The number of halogens is 1. The first-order chi connectivity index (χ1) is 7.69. The van der Waals surface area contributed by atoms with E-state index in [4.69, 9.17) is 4.74 Å². The van der Waals surface area contributed by atoms with Gasteiger partial charge < -0.3 is 15.2 Å². The maximum atomic E-state index is 9.32. The minimum atomic E-state index is -0.0351. The molecule has 1 unspecified atom stereocenters. The van der Waals surface area contributed by atoms with Crippen LogP contribution in [0.5, 0.6) is 0 Å². The van der Waals surface area contributed by atoms with Crippen molar-refractivity contribution in [3.63, 3.8) is 0 Å². The number of methoxy groups -OCH3 is 1. The summed E-state index contributed by atoms with van der Waals surface area (Å²) in [6.45, 7) is 3.50. The highest BCUT2D eigenvalue weighted by atomic mass is 79.9. The third kappa shape index (κ3) is 3.87. The van der Waals surface area contributed by atoms with Gasteiger partial charge in [-0.3, -0.25) is 0 Å². The van der Waals surface area contributed by atoms with Crippen LogP contribution in [-0.2, 0) is 4.74 Å². The maximum Gasteiger partial charge on any atom is 0.0626 e. The summed E-state index contributed by atoms with van der Waals surface area (Å²) in [5.41, 5.74) is 2.27. The second-order valence-corrected chi connectivity index (χ2v) is 4.55. The van der Waals surface area contributed by atoms with E-state index in [1.165, 1.54) is 5.56 Å². The van der Waals surface area contributed by atoms with E-state index in [0.717, 1.165) is 16.6 Å². The number of benzene rings is 1. The summed E-state index contributed by atoms with van der Waals surface area (Å²) in [4.78, 5) is 0. The van der Waals surface area contributed by atoms with E-state index in [-0.39, 0.29) is 12.6 Å².